The molecule has 0 spiro atoms. The SMILES string of the molecule is CC(=O)[O-].CC(C)(C)c1ccc([IH+])cc1.CC(C)(C)c1ccc([IH+])cc1.Cc1ccc(CC(=O)[O-])cc1.Cc1ccc(CC(=O)[O-])cc1.O=C([O-])C12CC3CC(CC(C3)C1)C2.[IH+]c1ccccc1.[IH+]c1ccccc1. The summed E-state index contributed by atoms with van der Waals surface area (Å²) in [5.41, 5.74) is 6.83. The van der Waals surface area contributed by atoms with Crippen LogP contribution in [0, 0.1) is 51.3 Å². The maximum atomic E-state index is 11.1. The fourth-order valence-electron chi connectivity index (χ4n) is 8.86. The highest BCUT2D eigenvalue weighted by Gasteiger charge is 2.51. The van der Waals surface area contributed by atoms with E-state index in [0.717, 1.165) is 48.4 Å². The molecule has 0 radical (unpaired) electrons. The van der Waals surface area contributed by atoms with Gasteiger partial charge in [-0.2, -0.15) is 0 Å². The van der Waals surface area contributed by atoms with Crippen LogP contribution < -0.4 is 111 Å². The van der Waals surface area contributed by atoms with Gasteiger partial charge in [0, 0.05) is 42.1 Å². The molecule has 0 aromatic heterocycles. The summed E-state index contributed by atoms with van der Waals surface area (Å²) < 4.78 is 5.35. The van der Waals surface area contributed by atoms with Crippen LogP contribution in [0.2, 0.25) is 0 Å². The lowest BCUT2D eigenvalue weighted by Crippen LogP contribution is -3.34. The van der Waals surface area contributed by atoms with E-state index >= 15 is 0 Å². The smallest absolute Gasteiger partial charge is 0.296 e. The van der Waals surface area contributed by atoms with Gasteiger partial charge < -0.3 is 39.6 Å². The topological polar surface area (TPSA) is 161 Å². The van der Waals surface area contributed by atoms with Crippen LogP contribution in [-0.2, 0) is 42.8 Å². The first kappa shape index (κ1) is 67.2. The lowest BCUT2D eigenvalue weighted by Gasteiger charge is -2.57. The molecule has 4 bridgehead atoms. The predicted octanol–water partition coefficient (Wildman–Crippen LogP) is -4.55. The van der Waals surface area contributed by atoms with Crippen LogP contribution in [0.15, 0.2) is 158 Å². The van der Waals surface area contributed by atoms with Gasteiger partial charge in [0.25, 0.3) is 90.4 Å². The Bertz CT molecular complexity index is 2400. The first-order valence-electron chi connectivity index (χ1n) is 25.0. The van der Waals surface area contributed by atoms with E-state index in [1.54, 1.807) is 24.3 Å². The van der Waals surface area contributed by atoms with Crippen LogP contribution in [0.4, 0.5) is 0 Å². The molecule has 75 heavy (non-hydrogen) atoms. The Morgan fingerprint density at radius 1 is 0.440 bits per heavy atom. The molecule has 0 unspecified atom stereocenters. The molecule has 6 aromatic rings. The van der Waals surface area contributed by atoms with Crippen molar-refractivity contribution in [1.82, 2.24) is 0 Å². The van der Waals surface area contributed by atoms with Crippen LogP contribution >= 0.6 is 0 Å². The average molecular weight is 1470 g/mol. The van der Waals surface area contributed by atoms with E-state index < -0.39 is 29.3 Å². The van der Waals surface area contributed by atoms with Gasteiger partial charge in [-0.25, -0.2) is 0 Å². The summed E-state index contributed by atoms with van der Waals surface area (Å²) in [7, 11) is 0. The highest BCUT2D eigenvalue weighted by molar-refractivity contribution is 5.73. The number of carboxylic acids is 4. The van der Waals surface area contributed by atoms with Crippen molar-refractivity contribution in [3.05, 3.63) is 205 Å². The van der Waals surface area contributed by atoms with Gasteiger partial charge in [0.05, 0.1) is 0 Å². The van der Waals surface area contributed by atoms with Gasteiger partial charge in [-0.3, -0.25) is 0 Å². The maximum Gasteiger partial charge on any atom is 0.296 e. The zero-order valence-corrected chi connectivity index (χ0v) is 54.1. The van der Waals surface area contributed by atoms with Crippen molar-refractivity contribution in [2.24, 2.45) is 23.2 Å². The summed E-state index contributed by atoms with van der Waals surface area (Å²) in [5.74, 6) is -1.77. The third-order valence-corrected chi connectivity index (χ3v) is 15.4. The number of hydrogen-bond donors (Lipinski definition) is 0. The number of halogens is 4. The van der Waals surface area contributed by atoms with Crippen molar-refractivity contribution in [3.63, 3.8) is 0 Å². The van der Waals surface area contributed by atoms with Gasteiger partial charge in [-0.15, -0.1) is 0 Å². The summed E-state index contributed by atoms with van der Waals surface area (Å²) in [6.07, 6.45) is 6.65. The monoisotopic (exact) mass is 1470 g/mol. The van der Waals surface area contributed by atoms with Crippen molar-refractivity contribution in [1.29, 1.82) is 0 Å². The molecular formula is C63H76I4O8. The lowest BCUT2D eigenvalue weighted by atomic mass is 9.49. The van der Waals surface area contributed by atoms with Gasteiger partial charge in [0.1, 0.15) is 0 Å². The van der Waals surface area contributed by atoms with E-state index in [-0.39, 0.29) is 23.7 Å². The maximum absolute atomic E-state index is 11.1. The highest BCUT2D eigenvalue weighted by Crippen LogP contribution is 2.59. The molecule has 4 saturated carbocycles. The number of aryl methyl sites for hydroxylation is 2. The van der Waals surface area contributed by atoms with E-state index in [1.165, 1.54) is 44.7 Å². The zero-order chi connectivity index (χ0) is 56.4. The van der Waals surface area contributed by atoms with Crippen molar-refractivity contribution >= 4 is 23.9 Å². The van der Waals surface area contributed by atoms with E-state index in [9.17, 15) is 29.7 Å². The molecule has 4 aliphatic carbocycles. The van der Waals surface area contributed by atoms with Crippen molar-refractivity contribution in [2.75, 3.05) is 0 Å². The largest absolute Gasteiger partial charge is 0.550 e. The van der Waals surface area contributed by atoms with Gasteiger partial charge in [-0.1, -0.05) is 162 Å². The predicted molar refractivity (Wildman–Crippen MR) is 280 cm³/mol. The molecule has 404 valence electrons. The summed E-state index contributed by atoms with van der Waals surface area (Å²) >= 11 is 8.13. The molecule has 12 heteroatoms. The first-order valence-corrected chi connectivity index (χ1v) is 29.6. The molecule has 0 heterocycles. The highest BCUT2D eigenvalue weighted by atomic mass is 127. The fourth-order valence-corrected chi connectivity index (χ4v) is 10.5. The van der Waals surface area contributed by atoms with Gasteiger partial charge >= 0.3 is 0 Å². The summed E-state index contributed by atoms with van der Waals surface area (Å²) in [6, 6.07) is 52.8. The standard InChI is InChI=1S/C11H16O2.2C10H14I.2C9H10O2.2C6H6I.C2H4O2/c12-10(13)11-4-7-1-8(5-11)3-9(2-7)6-11;2*1-10(2,3)8-4-6-9(11)7-5-8;2*1-7-2-4-8(5-3-7)6-9(10)11;2*7-6-4-2-1-3-5-6;1-2(3)4/h7-9H,1-6H2,(H,12,13);2*4-7,11H,1-3H3;2*2-5H,6H2,1H3,(H,10,11);2*1-5,7H;1H3,(H,3,4)/q;2*+1;;;2*+1;/p-4. The molecule has 6 aromatic carbocycles. The quantitative estimate of drug-likeness (QED) is 0.156. The second-order valence-electron chi connectivity index (χ2n) is 21.2. The van der Waals surface area contributed by atoms with E-state index in [2.05, 4.69) is 114 Å². The van der Waals surface area contributed by atoms with Crippen LogP contribution in [0.25, 0.3) is 0 Å². The van der Waals surface area contributed by atoms with Crippen LogP contribution in [0.1, 0.15) is 120 Å². The molecule has 0 aliphatic heterocycles. The van der Waals surface area contributed by atoms with E-state index in [1.807, 2.05) is 165 Å². The number of carbonyl (C=O) groups excluding carboxylic acids is 4. The number of rotatable bonds is 5. The first-order chi connectivity index (χ1) is 35.1. The average Bonchev–Trinajstić information content (AvgIpc) is 3.31. The Morgan fingerprint density at radius 3 is 0.893 bits per heavy atom. The minimum Gasteiger partial charge on any atom is -0.550 e. The lowest BCUT2D eigenvalue weighted by molar-refractivity contribution is -0.328. The third-order valence-electron chi connectivity index (χ3n) is 12.3. The number of carboxylic acid groups (broad SMARTS) is 4. The summed E-state index contributed by atoms with van der Waals surface area (Å²) in [4.78, 5) is 40.3. The van der Waals surface area contributed by atoms with Gasteiger partial charge in [0.15, 0.2) is 14.3 Å². The van der Waals surface area contributed by atoms with Crippen LogP contribution in [0.3, 0.4) is 0 Å². The zero-order valence-electron chi connectivity index (χ0n) is 44.8. The molecule has 0 saturated heterocycles. The van der Waals surface area contributed by atoms with Crippen LogP contribution in [-0.4, -0.2) is 23.9 Å². The molecule has 10 rings (SSSR count). The molecule has 8 nitrogen and oxygen atoms in total. The number of hydrogen-bond acceptors (Lipinski definition) is 8. The van der Waals surface area contributed by atoms with E-state index in [4.69, 9.17) is 9.90 Å². The molecule has 0 amide bonds. The second-order valence-corrected chi connectivity index (χ2v) is 26.6. The third kappa shape index (κ3) is 29.4. The molecule has 0 atom stereocenters. The number of carbonyl (C=O) groups is 4. The Labute approximate surface area is 501 Å². The Hall–Kier alpha value is -3.88. The minimum absolute atomic E-state index is 0.000278. The van der Waals surface area contributed by atoms with Gasteiger partial charge in [0.2, 0.25) is 0 Å². The fraction of sp³-hybridized carbons (Fsp3) is 0.365. The molecule has 4 aliphatic rings. The minimum atomic E-state index is -1.08. The normalized spacial score (nSPS) is 17.3. The number of aliphatic carboxylic acids is 4. The summed E-state index contributed by atoms with van der Waals surface area (Å²) in [6.45, 7) is 18.3. The van der Waals surface area contributed by atoms with Crippen LogP contribution in [0.5, 0.6) is 0 Å². The molecular weight excluding hydrogens is 1390 g/mol. The Kier molecular flexibility index (Phi) is 30.6. The molecule has 4 fully saturated rings. The van der Waals surface area contributed by atoms with Crippen molar-refractivity contribution < 1.29 is 130 Å². The van der Waals surface area contributed by atoms with E-state index in [0.29, 0.717) is 17.8 Å². The second kappa shape index (κ2) is 34.1. The van der Waals surface area contributed by atoms with Crippen molar-refractivity contribution in [2.45, 2.75) is 125 Å². The number of benzene rings is 6. The van der Waals surface area contributed by atoms with Gasteiger partial charge in [-0.05, 0) is 159 Å². The summed E-state index contributed by atoms with van der Waals surface area (Å²) in [5, 5.41) is 40.3. The Balaban J connectivity index is 0.000000298. The Morgan fingerprint density at radius 2 is 0.693 bits per heavy atom. The molecule has 0 N–H and O–H groups in total. The van der Waals surface area contributed by atoms with Crippen molar-refractivity contribution in [3.8, 4) is 0 Å².